The Bertz CT molecular complexity index is 1040. The molecule has 4 aromatic carbocycles. The van der Waals surface area contributed by atoms with Crippen molar-refractivity contribution < 1.29 is 14.2 Å². The molecule has 0 aliphatic carbocycles. The van der Waals surface area contributed by atoms with Gasteiger partial charge in [-0.3, -0.25) is 0 Å². The van der Waals surface area contributed by atoms with Gasteiger partial charge in [-0.1, -0.05) is 48.5 Å². The Labute approximate surface area is 164 Å². The molecular weight excluding hydrogens is 348 g/mol. The molecule has 0 bridgehead atoms. The molecule has 0 heterocycles. The topological polar surface area (TPSA) is 27.7 Å². The average molecular weight is 368 g/mol. The summed E-state index contributed by atoms with van der Waals surface area (Å²) in [6, 6.07) is 33.3. The van der Waals surface area contributed by atoms with E-state index in [4.69, 9.17) is 14.2 Å². The predicted octanol–water partition coefficient (Wildman–Crippen LogP) is 6.95. The molecule has 0 fully saturated rings. The summed E-state index contributed by atoms with van der Waals surface area (Å²) in [4.78, 5) is 0. The van der Waals surface area contributed by atoms with Crippen LogP contribution in [-0.4, -0.2) is 7.11 Å². The second-order valence-electron chi connectivity index (χ2n) is 6.22. The Morgan fingerprint density at radius 2 is 1.14 bits per heavy atom. The maximum atomic E-state index is 6.13. The molecular formula is C25H20O3. The van der Waals surface area contributed by atoms with E-state index in [9.17, 15) is 0 Å². The van der Waals surface area contributed by atoms with Crippen LogP contribution in [0.15, 0.2) is 103 Å². The molecule has 0 spiro atoms. The summed E-state index contributed by atoms with van der Waals surface area (Å²) in [5, 5.41) is 0. The fraction of sp³-hybridized carbons (Fsp3) is 0.0400. The maximum absolute atomic E-state index is 6.13. The summed E-state index contributed by atoms with van der Waals surface area (Å²) in [6.45, 7) is 0. The van der Waals surface area contributed by atoms with Crippen LogP contribution >= 0.6 is 0 Å². The minimum absolute atomic E-state index is 0.755. The Morgan fingerprint density at radius 1 is 0.500 bits per heavy atom. The van der Waals surface area contributed by atoms with Gasteiger partial charge in [-0.25, -0.2) is 0 Å². The van der Waals surface area contributed by atoms with E-state index in [0.717, 1.165) is 39.9 Å². The smallest absolute Gasteiger partial charge is 0.135 e. The van der Waals surface area contributed by atoms with Gasteiger partial charge in [-0.05, 0) is 60.2 Å². The summed E-state index contributed by atoms with van der Waals surface area (Å²) in [5.41, 5.74) is 2.02. The Hall–Kier alpha value is -3.72. The molecule has 0 amide bonds. The van der Waals surface area contributed by atoms with E-state index >= 15 is 0 Å². The van der Waals surface area contributed by atoms with Crippen molar-refractivity contribution in [1.29, 1.82) is 0 Å². The van der Waals surface area contributed by atoms with Gasteiger partial charge in [0.15, 0.2) is 0 Å². The summed E-state index contributed by atoms with van der Waals surface area (Å²) in [5.74, 6) is 3.92. The molecule has 0 saturated carbocycles. The molecule has 28 heavy (non-hydrogen) atoms. The Balaban J connectivity index is 1.61. The van der Waals surface area contributed by atoms with Crippen LogP contribution in [0.25, 0.3) is 11.1 Å². The summed E-state index contributed by atoms with van der Waals surface area (Å²) in [7, 11) is 1.65. The molecule has 0 aliphatic heterocycles. The summed E-state index contributed by atoms with van der Waals surface area (Å²) >= 11 is 0. The first-order valence-electron chi connectivity index (χ1n) is 9.06. The first kappa shape index (κ1) is 17.7. The first-order valence-corrected chi connectivity index (χ1v) is 9.06. The third kappa shape index (κ3) is 4.15. The average Bonchev–Trinajstić information content (AvgIpc) is 2.76. The van der Waals surface area contributed by atoms with Gasteiger partial charge in [0, 0.05) is 5.56 Å². The quantitative estimate of drug-likeness (QED) is 0.369. The molecule has 0 radical (unpaired) electrons. The van der Waals surface area contributed by atoms with Crippen molar-refractivity contribution in [2.75, 3.05) is 7.11 Å². The zero-order valence-corrected chi connectivity index (χ0v) is 15.5. The number of rotatable bonds is 6. The molecule has 3 nitrogen and oxygen atoms in total. The van der Waals surface area contributed by atoms with Crippen molar-refractivity contribution in [2.24, 2.45) is 0 Å². The maximum Gasteiger partial charge on any atom is 0.135 e. The second kappa shape index (κ2) is 8.31. The number of hydrogen-bond acceptors (Lipinski definition) is 3. The standard InChI is InChI=1S/C25H20O3/c1-26-20-14-16-22(17-15-20)28-25-13-6-5-12-24(25)19-8-7-11-23(18-19)27-21-9-3-2-4-10-21/h2-18H,1H3. The van der Waals surface area contributed by atoms with Crippen molar-refractivity contribution in [2.45, 2.75) is 0 Å². The summed E-state index contributed by atoms with van der Waals surface area (Å²) in [6.07, 6.45) is 0. The van der Waals surface area contributed by atoms with E-state index in [0.29, 0.717) is 0 Å². The first-order chi connectivity index (χ1) is 13.8. The van der Waals surface area contributed by atoms with Crippen molar-refractivity contribution in [3.05, 3.63) is 103 Å². The van der Waals surface area contributed by atoms with Crippen molar-refractivity contribution >= 4 is 0 Å². The lowest BCUT2D eigenvalue weighted by atomic mass is 10.0. The largest absolute Gasteiger partial charge is 0.497 e. The van der Waals surface area contributed by atoms with Crippen LogP contribution in [0.3, 0.4) is 0 Å². The van der Waals surface area contributed by atoms with E-state index in [-0.39, 0.29) is 0 Å². The van der Waals surface area contributed by atoms with E-state index in [2.05, 4.69) is 0 Å². The molecule has 0 saturated heterocycles. The molecule has 4 rings (SSSR count). The Kier molecular flexibility index (Phi) is 5.25. The fourth-order valence-corrected chi connectivity index (χ4v) is 2.92. The highest BCUT2D eigenvalue weighted by Gasteiger charge is 2.09. The van der Waals surface area contributed by atoms with Crippen LogP contribution in [0.2, 0.25) is 0 Å². The molecule has 0 unspecified atom stereocenters. The normalized spacial score (nSPS) is 10.3. The lowest BCUT2D eigenvalue weighted by Crippen LogP contribution is -1.90. The minimum atomic E-state index is 0.755. The molecule has 0 atom stereocenters. The molecule has 4 aromatic rings. The molecule has 0 aromatic heterocycles. The van der Waals surface area contributed by atoms with Crippen LogP contribution < -0.4 is 14.2 Å². The van der Waals surface area contributed by atoms with Gasteiger partial charge in [-0.15, -0.1) is 0 Å². The van der Waals surface area contributed by atoms with Crippen LogP contribution in [0, 0.1) is 0 Å². The van der Waals surface area contributed by atoms with E-state index in [1.165, 1.54) is 0 Å². The zero-order valence-electron chi connectivity index (χ0n) is 15.5. The monoisotopic (exact) mass is 368 g/mol. The lowest BCUT2D eigenvalue weighted by Gasteiger charge is -2.13. The van der Waals surface area contributed by atoms with Gasteiger partial charge >= 0.3 is 0 Å². The molecule has 3 heteroatoms. The number of para-hydroxylation sites is 2. The number of hydrogen-bond donors (Lipinski definition) is 0. The number of ether oxygens (including phenoxy) is 3. The number of benzene rings is 4. The number of methoxy groups -OCH3 is 1. The van der Waals surface area contributed by atoms with E-state index in [1.807, 2.05) is 103 Å². The zero-order chi connectivity index (χ0) is 19.2. The highest BCUT2D eigenvalue weighted by Crippen LogP contribution is 2.35. The van der Waals surface area contributed by atoms with Gasteiger partial charge in [0.05, 0.1) is 7.11 Å². The third-order valence-electron chi connectivity index (χ3n) is 4.30. The minimum Gasteiger partial charge on any atom is -0.497 e. The molecule has 0 aliphatic rings. The van der Waals surface area contributed by atoms with Crippen LogP contribution in [0.4, 0.5) is 0 Å². The third-order valence-corrected chi connectivity index (χ3v) is 4.30. The van der Waals surface area contributed by atoms with Gasteiger partial charge in [0.25, 0.3) is 0 Å². The predicted molar refractivity (Wildman–Crippen MR) is 111 cm³/mol. The fourth-order valence-electron chi connectivity index (χ4n) is 2.92. The summed E-state index contributed by atoms with van der Waals surface area (Å²) < 4.78 is 17.3. The Morgan fingerprint density at radius 3 is 1.93 bits per heavy atom. The van der Waals surface area contributed by atoms with Crippen molar-refractivity contribution in [3.8, 4) is 39.9 Å². The molecule has 138 valence electrons. The van der Waals surface area contributed by atoms with Crippen molar-refractivity contribution in [3.63, 3.8) is 0 Å². The van der Waals surface area contributed by atoms with Crippen molar-refractivity contribution in [1.82, 2.24) is 0 Å². The SMILES string of the molecule is COc1ccc(Oc2ccccc2-c2cccc(Oc3ccccc3)c2)cc1. The van der Waals surface area contributed by atoms with Gasteiger partial charge in [0.2, 0.25) is 0 Å². The van der Waals surface area contributed by atoms with Gasteiger partial charge in [0.1, 0.15) is 28.7 Å². The van der Waals surface area contributed by atoms with Crippen LogP contribution in [0.5, 0.6) is 28.7 Å². The highest BCUT2D eigenvalue weighted by molar-refractivity contribution is 5.72. The lowest BCUT2D eigenvalue weighted by molar-refractivity contribution is 0.413. The van der Waals surface area contributed by atoms with Gasteiger partial charge in [-0.2, -0.15) is 0 Å². The van der Waals surface area contributed by atoms with Crippen LogP contribution in [0.1, 0.15) is 0 Å². The van der Waals surface area contributed by atoms with E-state index < -0.39 is 0 Å². The highest BCUT2D eigenvalue weighted by atomic mass is 16.5. The second-order valence-corrected chi connectivity index (χ2v) is 6.22. The molecule has 0 N–H and O–H groups in total. The van der Waals surface area contributed by atoms with Crippen LogP contribution in [-0.2, 0) is 0 Å². The van der Waals surface area contributed by atoms with E-state index in [1.54, 1.807) is 7.11 Å². The van der Waals surface area contributed by atoms with Gasteiger partial charge < -0.3 is 14.2 Å².